The van der Waals surface area contributed by atoms with Crippen molar-refractivity contribution >= 4 is 17.7 Å². The van der Waals surface area contributed by atoms with Gasteiger partial charge >= 0.3 is 0 Å². The van der Waals surface area contributed by atoms with E-state index in [0.717, 1.165) is 41.4 Å². The molecule has 0 bridgehead atoms. The van der Waals surface area contributed by atoms with Crippen LogP contribution >= 0.6 is 0 Å². The molecule has 7 nitrogen and oxygen atoms in total. The van der Waals surface area contributed by atoms with Crippen LogP contribution in [0.2, 0.25) is 0 Å². The van der Waals surface area contributed by atoms with Crippen molar-refractivity contribution in [2.45, 2.75) is 6.61 Å². The molecule has 0 saturated carbocycles. The van der Waals surface area contributed by atoms with E-state index in [-0.39, 0.29) is 18.3 Å². The van der Waals surface area contributed by atoms with Crippen LogP contribution in [0.5, 0.6) is 17.2 Å². The summed E-state index contributed by atoms with van der Waals surface area (Å²) < 4.78 is 16.6. The van der Waals surface area contributed by atoms with E-state index in [2.05, 4.69) is 23.1 Å². The SMILES string of the molecule is N#C/C(=C/c1ccc(OCc2ccc3c(c2)OCO3)cc1)C(=O)N1CCN(c2ccccc2)CC1. The van der Waals surface area contributed by atoms with Crippen molar-refractivity contribution in [1.29, 1.82) is 5.26 Å². The molecule has 5 rings (SSSR count). The topological polar surface area (TPSA) is 75.0 Å². The maximum atomic E-state index is 13.0. The lowest BCUT2D eigenvalue weighted by atomic mass is 10.1. The monoisotopic (exact) mass is 467 g/mol. The molecule has 0 unspecified atom stereocenters. The number of hydrogen-bond acceptors (Lipinski definition) is 6. The van der Waals surface area contributed by atoms with Crippen LogP contribution in [0.3, 0.4) is 0 Å². The molecule has 0 aliphatic carbocycles. The quantitative estimate of drug-likeness (QED) is 0.399. The molecule has 3 aromatic carbocycles. The lowest BCUT2D eigenvalue weighted by Crippen LogP contribution is -2.49. The van der Waals surface area contributed by atoms with Crippen LogP contribution in [0.15, 0.2) is 78.4 Å². The fourth-order valence-electron chi connectivity index (χ4n) is 4.14. The highest BCUT2D eigenvalue weighted by atomic mass is 16.7. The van der Waals surface area contributed by atoms with E-state index in [1.807, 2.05) is 60.7 Å². The van der Waals surface area contributed by atoms with Crippen LogP contribution in [-0.4, -0.2) is 43.8 Å². The number of rotatable bonds is 6. The highest BCUT2D eigenvalue weighted by molar-refractivity contribution is 6.01. The van der Waals surface area contributed by atoms with Crippen molar-refractivity contribution in [3.63, 3.8) is 0 Å². The molecule has 0 radical (unpaired) electrons. The van der Waals surface area contributed by atoms with E-state index in [1.165, 1.54) is 0 Å². The molecule has 0 aromatic heterocycles. The molecule has 1 fully saturated rings. The number of nitrogens with zero attached hydrogens (tertiary/aromatic N) is 3. The van der Waals surface area contributed by atoms with Gasteiger partial charge in [-0.15, -0.1) is 0 Å². The summed E-state index contributed by atoms with van der Waals surface area (Å²) in [6, 6.07) is 25.3. The number of nitriles is 1. The van der Waals surface area contributed by atoms with Gasteiger partial charge < -0.3 is 24.0 Å². The van der Waals surface area contributed by atoms with E-state index in [1.54, 1.807) is 11.0 Å². The van der Waals surface area contributed by atoms with E-state index in [4.69, 9.17) is 14.2 Å². The Morgan fingerprint density at radius 2 is 1.69 bits per heavy atom. The molecule has 35 heavy (non-hydrogen) atoms. The molecule has 0 atom stereocenters. The van der Waals surface area contributed by atoms with Crippen LogP contribution < -0.4 is 19.1 Å². The fraction of sp³-hybridized carbons (Fsp3) is 0.214. The van der Waals surface area contributed by atoms with Gasteiger partial charge in [0.1, 0.15) is 24.0 Å². The van der Waals surface area contributed by atoms with E-state index >= 15 is 0 Å². The van der Waals surface area contributed by atoms with Crippen molar-refractivity contribution in [1.82, 2.24) is 4.90 Å². The van der Waals surface area contributed by atoms with Crippen molar-refractivity contribution in [3.05, 3.63) is 89.5 Å². The summed E-state index contributed by atoms with van der Waals surface area (Å²) in [4.78, 5) is 17.0. The van der Waals surface area contributed by atoms with Gasteiger partial charge in [-0.2, -0.15) is 5.26 Å². The van der Waals surface area contributed by atoms with E-state index in [9.17, 15) is 10.1 Å². The molecule has 176 valence electrons. The molecule has 2 heterocycles. The number of fused-ring (bicyclic) bond motifs is 1. The van der Waals surface area contributed by atoms with E-state index < -0.39 is 0 Å². The zero-order valence-electron chi connectivity index (χ0n) is 19.2. The lowest BCUT2D eigenvalue weighted by Gasteiger charge is -2.36. The smallest absolute Gasteiger partial charge is 0.264 e. The third kappa shape index (κ3) is 5.22. The number of hydrogen-bond donors (Lipinski definition) is 0. The number of ether oxygens (including phenoxy) is 3. The first kappa shape index (κ1) is 22.4. The Balaban J connectivity index is 1.17. The van der Waals surface area contributed by atoms with Gasteiger partial charge in [0.15, 0.2) is 11.5 Å². The van der Waals surface area contributed by atoms with Gasteiger partial charge in [-0.1, -0.05) is 36.4 Å². The second kappa shape index (κ2) is 10.2. The Labute approximate surface area is 204 Å². The first-order chi connectivity index (χ1) is 17.2. The van der Waals surface area contributed by atoms with Crippen molar-refractivity contribution < 1.29 is 19.0 Å². The Morgan fingerprint density at radius 3 is 2.43 bits per heavy atom. The number of piperazine rings is 1. The minimum absolute atomic E-state index is 0.132. The maximum absolute atomic E-state index is 13.0. The Bertz CT molecular complexity index is 1260. The Morgan fingerprint density at radius 1 is 0.943 bits per heavy atom. The molecule has 2 aliphatic rings. The second-order valence-electron chi connectivity index (χ2n) is 8.33. The average Bonchev–Trinajstić information content (AvgIpc) is 3.39. The van der Waals surface area contributed by atoms with E-state index in [0.29, 0.717) is 25.4 Å². The van der Waals surface area contributed by atoms with Gasteiger partial charge in [0.2, 0.25) is 6.79 Å². The van der Waals surface area contributed by atoms with Crippen LogP contribution in [0.25, 0.3) is 6.08 Å². The standard InChI is InChI=1S/C28H25N3O4/c29-18-23(28(32)31-14-12-30(13-15-31)24-4-2-1-3-5-24)16-21-6-9-25(10-7-21)33-19-22-8-11-26-27(17-22)35-20-34-26/h1-11,16-17H,12-15,19-20H2/b23-16-. The summed E-state index contributed by atoms with van der Waals surface area (Å²) in [7, 11) is 0. The number of benzene rings is 3. The summed E-state index contributed by atoms with van der Waals surface area (Å²) in [6.07, 6.45) is 1.63. The molecule has 0 N–H and O–H groups in total. The molecule has 1 amide bonds. The summed E-state index contributed by atoms with van der Waals surface area (Å²) in [5.74, 6) is 1.93. The Kier molecular flexibility index (Phi) is 6.53. The fourth-order valence-corrected chi connectivity index (χ4v) is 4.14. The molecule has 7 heteroatoms. The van der Waals surface area contributed by atoms with Gasteiger partial charge in [0, 0.05) is 31.9 Å². The number of para-hydroxylation sites is 1. The summed E-state index contributed by atoms with van der Waals surface area (Å²) in [5, 5.41) is 9.63. The Hall–Kier alpha value is -4.44. The third-order valence-corrected chi connectivity index (χ3v) is 6.07. The minimum atomic E-state index is -0.233. The third-order valence-electron chi connectivity index (χ3n) is 6.07. The molecular weight excluding hydrogens is 442 g/mol. The number of anilines is 1. The molecule has 1 saturated heterocycles. The first-order valence-electron chi connectivity index (χ1n) is 11.5. The van der Waals surface area contributed by atoms with Gasteiger partial charge in [0.05, 0.1) is 0 Å². The normalized spacial score (nSPS) is 15.0. The van der Waals surface area contributed by atoms with Gasteiger partial charge in [0.25, 0.3) is 5.91 Å². The van der Waals surface area contributed by atoms with Crippen LogP contribution in [-0.2, 0) is 11.4 Å². The zero-order valence-corrected chi connectivity index (χ0v) is 19.2. The minimum Gasteiger partial charge on any atom is -0.489 e. The number of carbonyl (C=O) groups is 1. The van der Waals surface area contributed by atoms with Gasteiger partial charge in [-0.3, -0.25) is 4.79 Å². The molecule has 2 aliphatic heterocycles. The van der Waals surface area contributed by atoms with Crippen LogP contribution in [0, 0.1) is 11.3 Å². The predicted molar refractivity (Wildman–Crippen MR) is 132 cm³/mol. The van der Waals surface area contributed by atoms with Crippen LogP contribution in [0.1, 0.15) is 11.1 Å². The van der Waals surface area contributed by atoms with Crippen LogP contribution in [0.4, 0.5) is 5.69 Å². The molecule has 3 aromatic rings. The highest BCUT2D eigenvalue weighted by Gasteiger charge is 2.23. The van der Waals surface area contributed by atoms with Crippen molar-refractivity contribution in [2.24, 2.45) is 0 Å². The number of carbonyl (C=O) groups excluding carboxylic acids is 1. The largest absolute Gasteiger partial charge is 0.489 e. The predicted octanol–water partition coefficient (Wildman–Crippen LogP) is 4.25. The zero-order chi connectivity index (χ0) is 24.0. The summed E-state index contributed by atoms with van der Waals surface area (Å²) in [6.45, 7) is 3.28. The average molecular weight is 468 g/mol. The summed E-state index contributed by atoms with van der Waals surface area (Å²) in [5.41, 5.74) is 3.03. The molecule has 0 spiro atoms. The lowest BCUT2D eigenvalue weighted by molar-refractivity contribution is -0.126. The van der Waals surface area contributed by atoms with Gasteiger partial charge in [-0.25, -0.2) is 0 Å². The highest BCUT2D eigenvalue weighted by Crippen LogP contribution is 2.32. The number of amides is 1. The molecular formula is C28H25N3O4. The van der Waals surface area contributed by atoms with Crippen molar-refractivity contribution in [2.75, 3.05) is 37.9 Å². The van der Waals surface area contributed by atoms with Gasteiger partial charge in [-0.05, 0) is 53.6 Å². The first-order valence-corrected chi connectivity index (χ1v) is 11.5. The second-order valence-corrected chi connectivity index (χ2v) is 8.33. The van der Waals surface area contributed by atoms with Crippen molar-refractivity contribution in [3.8, 4) is 23.3 Å². The summed E-state index contributed by atoms with van der Waals surface area (Å²) >= 11 is 0. The maximum Gasteiger partial charge on any atom is 0.264 e.